The van der Waals surface area contributed by atoms with E-state index in [4.69, 9.17) is 5.11 Å². The van der Waals surface area contributed by atoms with Crippen LogP contribution >= 0.6 is 0 Å². The van der Waals surface area contributed by atoms with Gasteiger partial charge in [0.1, 0.15) is 11.4 Å². The summed E-state index contributed by atoms with van der Waals surface area (Å²) in [7, 11) is 0. The monoisotopic (exact) mass is 376 g/mol. The van der Waals surface area contributed by atoms with Gasteiger partial charge < -0.3 is 10.0 Å². The highest BCUT2D eigenvalue weighted by atomic mass is 19.4. The average molecular weight is 376 g/mol. The fraction of sp³-hybridized carbons (Fsp3) is 0.400. The van der Waals surface area contributed by atoms with Crippen molar-refractivity contribution in [3.63, 3.8) is 0 Å². The zero-order valence-corrected chi connectivity index (χ0v) is 13.1. The van der Waals surface area contributed by atoms with E-state index in [9.17, 15) is 26.7 Å². The van der Waals surface area contributed by atoms with Crippen LogP contribution < -0.4 is 4.90 Å². The van der Waals surface area contributed by atoms with E-state index in [1.165, 1.54) is 18.3 Å². The molecule has 0 aromatic carbocycles. The molecule has 3 rings (SSSR count). The number of nitrogens with zero attached hydrogens (tertiary/aromatic N) is 4. The van der Waals surface area contributed by atoms with Crippen LogP contribution in [0, 0.1) is 0 Å². The fourth-order valence-corrected chi connectivity index (χ4v) is 2.73. The van der Waals surface area contributed by atoms with E-state index in [0.29, 0.717) is 5.56 Å². The zero-order chi connectivity index (χ0) is 19.1. The van der Waals surface area contributed by atoms with Gasteiger partial charge in [-0.1, -0.05) is 0 Å². The Balaban J connectivity index is 1.86. The van der Waals surface area contributed by atoms with Crippen molar-refractivity contribution in [3.05, 3.63) is 41.3 Å². The number of aromatic nitrogens is 3. The zero-order valence-electron chi connectivity index (χ0n) is 13.1. The van der Waals surface area contributed by atoms with Crippen LogP contribution in [0.25, 0.3) is 0 Å². The summed E-state index contributed by atoms with van der Waals surface area (Å²) in [6, 6.07) is 2.87. The summed E-state index contributed by atoms with van der Waals surface area (Å²) in [6.07, 6.45) is -6.26. The van der Waals surface area contributed by atoms with Crippen molar-refractivity contribution in [1.82, 2.24) is 14.8 Å². The molecule has 0 spiro atoms. The maximum Gasteiger partial charge on any atom is 0.436 e. The molecule has 11 heteroatoms. The van der Waals surface area contributed by atoms with Gasteiger partial charge in [0.05, 0.1) is 6.54 Å². The number of carbonyl (C=O) groups is 1. The molecule has 26 heavy (non-hydrogen) atoms. The molecule has 6 nitrogen and oxygen atoms in total. The predicted octanol–water partition coefficient (Wildman–Crippen LogP) is 2.89. The number of aromatic carboxylic acids is 1. The molecule has 2 aromatic heterocycles. The molecule has 2 aromatic rings. The lowest BCUT2D eigenvalue weighted by Gasteiger charge is -2.20. The maximum absolute atomic E-state index is 13.8. The average Bonchev–Trinajstić information content (AvgIpc) is 3.12. The van der Waals surface area contributed by atoms with E-state index in [2.05, 4.69) is 10.1 Å². The minimum Gasteiger partial charge on any atom is -0.478 e. The lowest BCUT2D eigenvalue weighted by Crippen LogP contribution is -2.30. The SMILES string of the molecule is O=C(O)c1cn(Cc2ccnc(N3CCC(F)C3F)c2)nc1C(F)(F)F. The van der Waals surface area contributed by atoms with E-state index in [1.807, 2.05) is 0 Å². The van der Waals surface area contributed by atoms with Gasteiger partial charge in [0, 0.05) is 25.4 Å². The third-order valence-electron chi connectivity index (χ3n) is 3.95. The summed E-state index contributed by atoms with van der Waals surface area (Å²) < 4.78 is 66.6. The number of halogens is 5. The molecular formula is C15H13F5N4O2. The predicted molar refractivity (Wildman–Crippen MR) is 79.3 cm³/mol. The summed E-state index contributed by atoms with van der Waals surface area (Å²) >= 11 is 0. The van der Waals surface area contributed by atoms with Gasteiger partial charge >= 0.3 is 12.1 Å². The summed E-state index contributed by atoms with van der Waals surface area (Å²) in [6.45, 7) is -0.0579. The quantitative estimate of drug-likeness (QED) is 0.656. The molecule has 1 aliphatic rings. The van der Waals surface area contributed by atoms with E-state index < -0.39 is 35.9 Å². The molecule has 0 aliphatic carbocycles. The van der Waals surface area contributed by atoms with E-state index in [1.54, 1.807) is 0 Å². The van der Waals surface area contributed by atoms with Crippen molar-refractivity contribution in [2.45, 2.75) is 31.6 Å². The van der Waals surface area contributed by atoms with Crippen molar-refractivity contribution in [2.75, 3.05) is 11.4 Å². The van der Waals surface area contributed by atoms with Crippen molar-refractivity contribution in [2.24, 2.45) is 0 Å². The number of hydrogen-bond donors (Lipinski definition) is 1. The first-order valence-electron chi connectivity index (χ1n) is 7.54. The van der Waals surface area contributed by atoms with E-state index in [0.717, 1.165) is 15.8 Å². The Morgan fingerprint density at radius 3 is 2.62 bits per heavy atom. The highest BCUT2D eigenvalue weighted by Crippen LogP contribution is 2.31. The van der Waals surface area contributed by atoms with Gasteiger partial charge in [-0.05, 0) is 17.7 Å². The molecule has 1 aliphatic heterocycles. The second-order valence-electron chi connectivity index (χ2n) is 5.78. The first-order chi connectivity index (χ1) is 12.2. The first kappa shape index (κ1) is 18.1. The summed E-state index contributed by atoms with van der Waals surface area (Å²) in [5, 5.41) is 12.2. The molecule has 0 bridgehead atoms. The molecule has 0 saturated carbocycles. The molecule has 140 valence electrons. The lowest BCUT2D eigenvalue weighted by molar-refractivity contribution is -0.142. The summed E-state index contributed by atoms with van der Waals surface area (Å²) in [4.78, 5) is 16.1. The number of alkyl halides is 5. The smallest absolute Gasteiger partial charge is 0.436 e. The maximum atomic E-state index is 13.8. The third kappa shape index (κ3) is 3.46. The van der Waals surface area contributed by atoms with Gasteiger partial charge in [0.15, 0.2) is 11.9 Å². The van der Waals surface area contributed by atoms with Gasteiger partial charge in [0.2, 0.25) is 6.30 Å². The van der Waals surface area contributed by atoms with Crippen LogP contribution in [-0.2, 0) is 12.7 Å². The van der Waals surface area contributed by atoms with Gasteiger partial charge in [-0.3, -0.25) is 4.68 Å². The largest absolute Gasteiger partial charge is 0.478 e. The van der Waals surface area contributed by atoms with Gasteiger partial charge in [-0.2, -0.15) is 18.3 Å². The molecule has 2 atom stereocenters. The van der Waals surface area contributed by atoms with Crippen LogP contribution in [-0.4, -0.2) is 44.9 Å². The van der Waals surface area contributed by atoms with Crippen molar-refractivity contribution in [1.29, 1.82) is 0 Å². The second-order valence-corrected chi connectivity index (χ2v) is 5.78. The van der Waals surface area contributed by atoms with Gasteiger partial charge in [-0.25, -0.2) is 18.6 Å². The Bertz CT molecular complexity index is 823. The highest BCUT2D eigenvalue weighted by molar-refractivity contribution is 5.88. The topological polar surface area (TPSA) is 71.2 Å². The van der Waals surface area contributed by atoms with Crippen LogP contribution in [0.4, 0.5) is 27.8 Å². The van der Waals surface area contributed by atoms with Crippen molar-refractivity contribution in [3.8, 4) is 0 Å². The number of pyridine rings is 1. The Morgan fingerprint density at radius 2 is 2.08 bits per heavy atom. The summed E-state index contributed by atoms with van der Waals surface area (Å²) in [5.74, 6) is -1.60. The Morgan fingerprint density at radius 1 is 1.35 bits per heavy atom. The standard InChI is InChI=1S/C15H13F5N4O2/c16-10-2-4-24(13(10)17)11-5-8(1-3-21-11)6-23-7-9(14(25)26)12(22-23)15(18,19)20/h1,3,5,7,10,13H,2,4,6H2,(H,25,26). The molecule has 0 amide bonds. The van der Waals surface area contributed by atoms with Crippen molar-refractivity contribution >= 4 is 11.8 Å². The number of rotatable bonds is 4. The minimum absolute atomic E-state index is 0.0170. The van der Waals surface area contributed by atoms with Crippen LogP contribution in [0.1, 0.15) is 28.0 Å². The molecule has 0 radical (unpaired) electrons. The molecular weight excluding hydrogens is 363 g/mol. The third-order valence-corrected chi connectivity index (χ3v) is 3.95. The van der Waals surface area contributed by atoms with Crippen LogP contribution in [0.3, 0.4) is 0 Å². The Hall–Kier alpha value is -2.72. The number of carboxylic acid groups (broad SMARTS) is 1. The molecule has 1 fully saturated rings. The normalized spacial score (nSPS) is 20.6. The number of anilines is 1. The van der Waals surface area contributed by atoms with Gasteiger partial charge in [-0.15, -0.1) is 0 Å². The minimum atomic E-state index is -4.91. The summed E-state index contributed by atoms with van der Waals surface area (Å²) in [5.41, 5.74) is -2.05. The van der Waals surface area contributed by atoms with Crippen LogP contribution in [0.2, 0.25) is 0 Å². The van der Waals surface area contributed by atoms with Crippen molar-refractivity contribution < 1.29 is 31.9 Å². The molecule has 2 unspecified atom stereocenters. The van der Waals surface area contributed by atoms with E-state index in [-0.39, 0.29) is 25.3 Å². The Kier molecular flexibility index (Phi) is 4.55. The van der Waals surface area contributed by atoms with Crippen LogP contribution in [0.5, 0.6) is 0 Å². The van der Waals surface area contributed by atoms with Gasteiger partial charge in [0.25, 0.3) is 0 Å². The molecule has 1 N–H and O–H groups in total. The van der Waals surface area contributed by atoms with E-state index >= 15 is 0 Å². The first-order valence-corrected chi connectivity index (χ1v) is 7.54. The Labute approximate surface area is 143 Å². The molecule has 1 saturated heterocycles. The lowest BCUT2D eigenvalue weighted by atomic mass is 10.2. The number of hydrogen-bond acceptors (Lipinski definition) is 4. The number of carboxylic acids is 1. The highest BCUT2D eigenvalue weighted by Gasteiger charge is 2.39. The van der Waals surface area contributed by atoms with Crippen LogP contribution in [0.15, 0.2) is 24.5 Å². The fourth-order valence-electron chi connectivity index (χ4n) is 2.73. The molecule has 3 heterocycles. The second kappa shape index (κ2) is 6.54.